The van der Waals surface area contributed by atoms with Gasteiger partial charge in [0.25, 0.3) is 0 Å². The molecule has 118 valence electrons. The average molecular weight is 348 g/mol. The zero-order valence-corrected chi connectivity index (χ0v) is 13.8. The molecular formula is C17H15ClFN3S. The Kier molecular flexibility index (Phi) is 4.79. The fraction of sp³-hybridized carbons (Fsp3) is 0.118. The Hall–Kier alpha value is -2.11. The average Bonchev–Trinajstić information content (AvgIpc) is 2.92. The van der Waals surface area contributed by atoms with Gasteiger partial charge in [-0.1, -0.05) is 23.7 Å². The summed E-state index contributed by atoms with van der Waals surface area (Å²) >= 11 is 11.3. The van der Waals surface area contributed by atoms with Gasteiger partial charge in [-0.15, -0.1) is 0 Å². The SMILES string of the molecule is Fc1ccc2[nH]cc(CCNC(=S)Nc3ccccc3Cl)c2c1. The van der Waals surface area contributed by atoms with Crippen molar-refractivity contribution in [3.63, 3.8) is 0 Å². The Bertz CT molecular complexity index is 847. The zero-order chi connectivity index (χ0) is 16.2. The van der Waals surface area contributed by atoms with Crippen molar-refractivity contribution in [2.24, 2.45) is 0 Å². The van der Waals surface area contributed by atoms with Gasteiger partial charge in [0.1, 0.15) is 5.82 Å². The van der Waals surface area contributed by atoms with Crippen molar-refractivity contribution in [1.82, 2.24) is 10.3 Å². The highest BCUT2D eigenvalue weighted by molar-refractivity contribution is 7.80. The molecule has 2 aromatic carbocycles. The van der Waals surface area contributed by atoms with Crippen LogP contribution < -0.4 is 10.6 Å². The Morgan fingerprint density at radius 2 is 2.04 bits per heavy atom. The monoisotopic (exact) mass is 347 g/mol. The van der Waals surface area contributed by atoms with Crippen LogP contribution in [0.2, 0.25) is 5.02 Å². The predicted molar refractivity (Wildman–Crippen MR) is 97.6 cm³/mol. The smallest absolute Gasteiger partial charge is 0.170 e. The standard InChI is InChI=1S/C17H15ClFN3S/c18-14-3-1-2-4-16(14)22-17(23)20-8-7-11-10-21-15-6-5-12(19)9-13(11)15/h1-6,9-10,21H,7-8H2,(H2,20,22,23). The molecule has 0 spiro atoms. The van der Waals surface area contributed by atoms with Crippen molar-refractivity contribution in [1.29, 1.82) is 0 Å². The number of fused-ring (bicyclic) bond motifs is 1. The molecule has 0 bridgehead atoms. The zero-order valence-electron chi connectivity index (χ0n) is 12.2. The molecule has 0 aliphatic heterocycles. The summed E-state index contributed by atoms with van der Waals surface area (Å²) in [5.74, 6) is -0.234. The highest BCUT2D eigenvalue weighted by Gasteiger charge is 2.06. The topological polar surface area (TPSA) is 39.9 Å². The van der Waals surface area contributed by atoms with Gasteiger partial charge in [0, 0.05) is 23.6 Å². The lowest BCUT2D eigenvalue weighted by Gasteiger charge is -2.11. The molecule has 0 aliphatic rings. The number of anilines is 1. The lowest BCUT2D eigenvalue weighted by molar-refractivity contribution is 0.629. The van der Waals surface area contributed by atoms with Crippen LogP contribution in [0, 0.1) is 5.82 Å². The fourth-order valence-electron chi connectivity index (χ4n) is 2.40. The molecule has 0 fully saturated rings. The Labute approximate surface area is 143 Å². The van der Waals surface area contributed by atoms with Gasteiger partial charge in [-0.05, 0) is 54.5 Å². The quantitative estimate of drug-likeness (QED) is 0.609. The second kappa shape index (κ2) is 6.98. The molecule has 23 heavy (non-hydrogen) atoms. The molecular weight excluding hydrogens is 333 g/mol. The van der Waals surface area contributed by atoms with Crippen molar-refractivity contribution >= 4 is 45.5 Å². The van der Waals surface area contributed by atoms with Gasteiger partial charge >= 0.3 is 0 Å². The Morgan fingerprint density at radius 1 is 1.22 bits per heavy atom. The Balaban J connectivity index is 1.57. The van der Waals surface area contributed by atoms with Gasteiger partial charge in [-0.2, -0.15) is 0 Å². The number of hydrogen-bond acceptors (Lipinski definition) is 1. The number of nitrogens with one attached hydrogen (secondary N) is 3. The first-order valence-corrected chi connectivity index (χ1v) is 7.97. The first kappa shape index (κ1) is 15.8. The largest absolute Gasteiger partial charge is 0.362 e. The van der Waals surface area contributed by atoms with Crippen molar-refractivity contribution in [3.8, 4) is 0 Å². The summed E-state index contributed by atoms with van der Waals surface area (Å²) in [5, 5.41) is 8.21. The first-order valence-electron chi connectivity index (χ1n) is 7.18. The molecule has 3 nitrogen and oxygen atoms in total. The van der Waals surface area contributed by atoms with Crippen molar-refractivity contribution in [3.05, 3.63) is 65.1 Å². The summed E-state index contributed by atoms with van der Waals surface area (Å²) in [6, 6.07) is 12.1. The van der Waals surface area contributed by atoms with Crippen LogP contribution in [-0.2, 0) is 6.42 Å². The molecule has 3 rings (SSSR count). The van der Waals surface area contributed by atoms with Crippen LogP contribution in [0.5, 0.6) is 0 Å². The summed E-state index contributed by atoms with van der Waals surface area (Å²) in [4.78, 5) is 3.14. The summed E-state index contributed by atoms with van der Waals surface area (Å²) < 4.78 is 13.4. The van der Waals surface area contributed by atoms with Gasteiger partial charge < -0.3 is 15.6 Å². The van der Waals surface area contributed by atoms with Crippen molar-refractivity contribution < 1.29 is 4.39 Å². The number of hydrogen-bond donors (Lipinski definition) is 3. The van der Waals surface area contributed by atoms with Crippen LogP contribution in [0.25, 0.3) is 10.9 Å². The molecule has 0 amide bonds. The summed E-state index contributed by atoms with van der Waals surface area (Å²) in [6.45, 7) is 0.639. The highest BCUT2D eigenvalue weighted by Crippen LogP contribution is 2.21. The first-order chi connectivity index (χ1) is 11.1. The third-order valence-corrected chi connectivity index (χ3v) is 4.11. The van der Waals surface area contributed by atoms with E-state index < -0.39 is 0 Å². The molecule has 0 saturated heterocycles. The van der Waals surface area contributed by atoms with E-state index in [0.717, 1.165) is 28.6 Å². The van der Waals surface area contributed by atoms with Crippen LogP contribution in [0.15, 0.2) is 48.7 Å². The van der Waals surface area contributed by atoms with E-state index in [9.17, 15) is 4.39 Å². The minimum atomic E-state index is -0.234. The van der Waals surface area contributed by atoms with E-state index in [1.807, 2.05) is 24.4 Å². The van der Waals surface area contributed by atoms with Crippen LogP contribution in [0.3, 0.4) is 0 Å². The number of aromatic nitrogens is 1. The van der Waals surface area contributed by atoms with E-state index in [2.05, 4.69) is 15.6 Å². The maximum Gasteiger partial charge on any atom is 0.170 e. The third-order valence-electron chi connectivity index (χ3n) is 3.53. The number of rotatable bonds is 4. The molecule has 0 saturated carbocycles. The molecule has 6 heteroatoms. The van der Waals surface area contributed by atoms with E-state index in [0.29, 0.717) is 16.7 Å². The number of aromatic amines is 1. The number of H-pyrrole nitrogens is 1. The van der Waals surface area contributed by atoms with Gasteiger partial charge in [0.2, 0.25) is 0 Å². The minimum absolute atomic E-state index is 0.234. The highest BCUT2D eigenvalue weighted by atomic mass is 35.5. The lowest BCUT2D eigenvalue weighted by atomic mass is 10.1. The van der Waals surface area contributed by atoms with Crippen LogP contribution >= 0.6 is 23.8 Å². The normalized spacial score (nSPS) is 10.7. The van der Waals surface area contributed by atoms with E-state index in [1.54, 1.807) is 18.2 Å². The molecule has 0 atom stereocenters. The second-order valence-electron chi connectivity index (χ2n) is 5.11. The van der Waals surface area contributed by atoms with E-state index in [1.165, 1.54) is 6.07 Å². The molecule has 3 aromatic rings. The molecule has 1 aromatic heterocycles. The maximum absolute atomic E-state index is 13.4. The Morgan fingerprint density at radius 3 is 2.87 bits per heavy atom. The number of para-hydroxylation sites is 1. The number of halogens is 2. The third kappa shape index (κ3) is 3.81. The van der Waals surface area contributed by atoms with Crippen molar-refractivity contribution in [2.75, 3.05) is 11.9 Å². The summed E-state index contributed by atoms with van der Waals surface area (Å²) in [5.41, 5.74) is 2.74. The molecule has 1 heterocycles. The summed E-state index contributed by atoms with van der Waals surface area (Å²) in [6.07, 6.45) is 2.63. The van der Waals surface area contributed by atoms with Crippen LogP contribution in [0.4, 0.5) is 10.1 Å². The molecule has 0 unspecified atom stereocenters. The second-order valence-corrected chi connectivity index (χ2v) is 5.93. The summed E-state index contributed by atoms with van der Waals surface area (Å²) in [7, 11) is 0. The maximum atomic E-state index is 13.4. The number of benzene rings is 2. The molecule has 3 N–H and O–H groups in total. The molecule has 0 aliphatic carbocycles. The van der Waals surface area contributed by atoms with Crippen LogP contribution in [0.1, 0.15) is 5.56 Å². The minimum Gasteiger partial charge on any atom is -0.362 e. The van der Waals surface area contributed by atoms with E-state index in [-0.39, 0.29) is 5.82 Å². The van der Waals surface area contributed by atoms with Gasteiger partial charge in [0.05, 0.1) is 10.7 Å². The van der Waals surface area contributed by atoms with Gasteiger partial charge in [0.15, 0.2) is 5.11 Å². The van der Waals surface area contributed by atoms with Crippen LogP contribution in [-0.4, -0.2) is 16.6 Å². The van der Waals surface area contributed by atoms with Gasteiger partial charge in [-0.3, -0.25) is 0 Å². The predicted octanol–water partition coefficient (Wildman–Crippen LogP) is 4.49. The van der Waals surface area contributed by atoms with E-state index in [4.69, 9.17) is 23.8 Å². The lowest BCUT2D eigenvalue weighted by Crippen LogP contribution is -2.30. The van der Waals surface area contributed by atoms with Crippen molar-refractivity contribution in [2.45, 2.75) is 6.42 Å². The van der Waals surface area contributed by atoms with E-state index >= 15 is 0 Å². The fourth-order valence-corrected chi connectivity index (χ4v) is 2.79. The molecule has 0 radical (unpaired) electrons. The number of thiocarbonyl (C=S) groups is 1. The van der Waals surface area contributed by atoms with Gasteiger partial charge in [-0.25, -0.2) is 4.39 Å².